The topological polar surface area (TPSA) is 43.8 Å². The maximum atomic E-state index is 6.20. The first-order valence-corrected chi connectivity index (χ1v) is 9.12. The lowest BCUT2D eigenvalue weighted by atomic mass is 9.66. The molecule has 0 amide bonds. The first kappa shape index (κ1) is 17.0. The van der Waals surface area contributed by atoms with E-state index in [0.29, 0.717) is 0 Å². The van der Waals surface area contributed by atoms with E-state index in [-0.39, 0.29) is 5.41 Å². The molecule has 0 bridgehead atoms. The van der Waals surface area contributed by atoms with Crippen molar-refractivity contribution >= 4 is 15.9 Å². The number of hydrogen-bond acceptors (Lipinski definition) is 2. The quantitative estimate of drug-likeness (QED) is 0.864. The van der Waals surface area contributed by atoms with E-state index < -0.39 is 0 Å². The van der Waals surface area contributed by atoms with Gasteiger partial charge >= 0.3 is 0 Å². The Labute approximate surface area is 137 Å². The van der Waals surface area contributed by atoms with E-state index in [2.05, 4.69) is 53.5 Å². The summed E-state index contributed by atoms with van der Waals surface area (Å²) in [4.78, 5) is 0. The largest absolute Gasteiger partial charge is 0.330 e. The zero-order valence-electron chi connectivity index (χ0n) is 14.0. The molecule has 0 atom stereocenters. The number of nitrogens with two attached hydrogens (primary N) is 1. The standard InChI is InChI=1S/C17H30BrN3/c1-5-14-16(18)15(21(4)20-14)10-17(11-19)8-6-13(7-9-17)12(2)3/h12-13H,5-11,19H2,1-4H3. The highest BCUT2D eigenvalue weighted by Crippen LogP contribution is 2.44. The maximum Gasteiger partial charge on any atom is 0.0766 e. The number of halogens is 1. The molecule has 0 spiro atoms. The Balaban J connectivity index is 2.15. The van der Waals surface area contributed by atoms with Crippen molar-refractivity contribution in [2.75, 3.05) is 6.54 Å². The first-order chi connectivity index (χ1) is 9.92. The summed E-state index contributed by atoms with van der Waals surface area (Å²) in [6.45, 7) is 7.65. The van der Waals surface area contributed by atoms with Gasteiger partial charge in [-0.05, 0) is 78.3 Å². The summed E-state index contributed by atoms with van der Waals surface area (Å²) in [6.07, 6.45) is 7.19. The summed E-state index contributed by atoms with van der Waals surface area (Å²) in [5, 5.41) is 4.63. The molecule has 1 aromatic heterocycles. The molecule has 4 heteroatoms. The Morgan fingerprint density at radius 1 is 1.38 bits per heavy atom. The number of rotatable bonds is 5. The second-order valence-electron chi connectivity index (χ2n) is 7.15. The van der Waals surface area contributed by atoms with Crippen LogP contribution in [0.4, 0.5) is 0 Å². The van der Waals surface area contributed by atoms with Crippen LogP contribution in [-0.4, -0.2) is 16.3 Å². The number of nitrogens with zero attached hydrogens (tertiary/aromatic N) is 2. The summed E-state index contributed by atoms with van der Waals surface area (Å²) >= 11 is 3.75. The molecule has 0 aliphatic heterocycles. The second-order valence-corrected chi connectivity index (χ2v) is 7.94. The molecule has 0 unspecified atom stereocenters. The SMILES string of the molecule is CCc1nn(C)c(CC2(CN)CCC(C(C)C)CC2)c1Br. The van der Waals surface area contributed by atoms with Gasteiger partial charge in [-0.25, -0.2) is 0 Å². The third-order valence-corrected chi connectivity index (χ3v) is 6.43. The van der Waals surface area contributed by atoms with Crippen LogP contribution in [0.25, 0.3) is 0 Å². The molecule has 120 valence electrons. The average Bonchev–Trinajstić information content (AvgIpc) is 2.75. The molecule has 0 aromatic carbocycles. The van der Waals surface area contributed by atoms with Gasteiger partial charge in [0.25, 0.3) is 0 Å². The molecular formula is C17H30BrN3. The van der Waals surface area contributed by atoms with Crippen LogP contribution in [-0.2, 0) is 19.9 Å². The fourth-order valence-electron chi connectivity index (χ4n) is 3.74. The highest BCUT2D eigenvalue weighted by atomic mass is 79.9. The lowest BCUT2D eigenvalue weighted by Gasteiger charge is -2.41. The Hall–Kier alpha value is -0.350. The molecule has 21 heavy (non-hydrogen) atoms. The predicted octanol–water partition coefficient (Wildman–Crippen LogP) is 4.08. The van der Waals surface area contributed by atoms with Crippen LogP contribution < -0.4 is 5.73 Å². The van der Waals surface area contributed by atoms with Crippen LogP contribution in [0.15, 0.2) is 4.47 Å². The van der Waals surface area contributed by atoms with E-state index in [1.807, 2.05) is 0 Å². The Morgan fingerprint density at radius 2 is 2.00 bits per heavy atom. The molecule has 1 saturated carbocycles. The lowest BCUT2D eigenvalue weighted by molar-refractivity contribution is 0.130. The van der Waals surface area contributed by atoms with E-state index in [9.17, 15) is 0 Å². The van der Waals surface area contributed by atoms with Crippen molar-refractivity contribution in [2.45, 2.75) is 59.3 Å². The highest BCUT2D eigenvalue weighted by molar-refractivity contribution is 9.10. The van der Waals surface area contributed by atoms with Crippen molar-refractivity contribution in [3.05, 3.63) is 15.9 Å². The van der Waals surface area contributed by atoms with Crippen molar-refractivity contribution in [2.24, 2.45) is 30.0 Å². The van der Waals surface area contributed by atoms with Crippen LogP contribution in [0, 0.1) is 17.3 Å². The third kappa shape index (κ3) is 3.53. The summed E-state index contributed by atoms with van der Waals surface area (Å²) in [7, 11) is 2.06. The van der Waals surface area contributed by atoms with E-state index in [0.717, 1.165) is 36.9 Å². The van der Waals surface area contributed by atoms with Crippen molar-refractivity contribution in [3.8, 4) is 0 Å². The summed E-state index contributed by atoms with van der Waals surface area (Å²) in [6, 6.07) is 0. The third-order valence-electron chi connectivity index (χ3n) is 5.51. The van der Waals surface area contributed by atoms with Crippen molar-refractivity contribution in [1.82, 2.24) is 9.78 Å². The van der Waals surface area contributed by atoms with Crippen LogP contribution in [0.3, 0.4) is 0 Å². The van der Waals surface area contributed by atoms with Crippen LogP contribution in [0.5, 0.6) is 0 Å². The second kappa shape index (κ2) is 6.82. The van der Waals surface area contributed by atoms with Gasteiger partial charge in [0, 0.05) is 7.05 Å². The van der Waals surface area contributed by atoms with Gasteiger partial charge in [0.1, 0.15) is 0 Å². The lowest BCUT2D eigenvalue weighted by Crippen LogP contribution is -2.38. The summed E-state index contributed by atoms with van der Waals surface area (Å²) in [5.41, 5.74) is 8.95. The molecule has 0 saturated heterocycles. The van der Waals surface area contributed by atoms with Gasteiger partial charge < -0.3 is 5.73 Å². The average molecular weight is 356 g/mol. The minimum atomic E-state index is 0.271. The van der Waals surface area contributed by atoms with E-state index in [1.54, 1.807) is 0 Å². The van der Waals surface area contributed by atoms with Gasteiger partial charge in [0.2, 0.25) is 0 Å². The number of aryl methyl sites for hydroxylation is 2. The molecular weight excluding hydrogens is 326 g/mol. The van der Waals surface area contributed by atoms with Gasteiger partial charge in [0.05, 0.1) is 15.9 Å². The minimum Gasteiger partial charge on any atom is -0.330 e. The summed E-state index contributed by atoms with van der Waals surface area (Å²) < 4.78 is 3.25. The fourth-order valence-corrected chi connectivity index (χ4v) is 4.50. The van der Waals surface area contributed by atoms with Gasteiger partial charge in [-0.15, -0.1) is 0 Å². The highest BCUT2D eigenvalue weighted by Gasteiger charge is 2.36. The molecule has 3 nitrogen and oxygen atoms in total. The molecule has 1 heterocycles. The normalized spacial score (nSPS) is 26.5. The molecule has 2 N–H and O–H groups in total. The van der Waals surface area contributed by atoms with E-state index in [4.69, 9.17) is 5.73 Å². The van der Waals surface area contributed by atoms with Crippen molar-refractivity contribution in [3.63, 3.8) is 0 Å². The molecule has 1 aromatic rings. The van der Waals surface area contributed by atoms with Crippen LogP contribution in [0.1, 0.15) is 57.8 Å². The van der Waals surface area contributed by atoms with E-state index >= 15 is 0 Å². The van der Waals surface area contributed by atoms with Gasteiger partial charge in [-0.3, -0.25) is 4.68 Å². The van der Waals surface area contributed by atoms with Crippen LogP contribution >= 0.6 is 15.9 Å². The number of aromatic nitrogens is 2. The molecule has 0 radical (unpaired) electrons. The molecule has 2 rings (SSSR count). The van der Waals surface area contributed by atoms with Gasteiger partial charge in [-0.1, -0.05) is 20.8 Å². The Bertz CT molecular complexity index is 471. The minimum absolute atomic E-state index is 0.271. The predicted molar refractivity (Wildman–Crippen MR) is 92.3 cm³/mol. The molecule has 1 aliphatic carbocycles. The zero-order valence-corrected chi connectivity index (χ0v) is 15.5. The Kier molecular flexibility index (Phi) is 5.53. The Morgan fingerprint density at radius 3 is 2.43 bits per heavy atom. The molecule has 1 fully saturated rings. The molecule has 1 aliphatic rings. The van der Waals surface area contributed by atoms with Crippen LogP contribution in [0.2, 0.25) is 0 Å². The first-order valence-electron chi connectivity index (χ1n) is 8.32. The maximum absolute atomic E-state index is 6.20. The van der Waals surface area contributed by atoms with E-state index in [1.165, 1.54) is 35.8 Å². The zero-order chi connectivity index (χ0) is 15.6. The summed E-state index contributed by atoms with van der Waals surface area (Å²) in [5.74, 6) is 1.68. The van der Waals surface area contributed by atoms with Gasteiger partial charge in [0.15, 0.2) is 0 Å². The fraction of sp³-hybridized carbons (Fsp3) is 0.824. The van der Waals surface area contributed by atoms with Crippen molar-refractivity contribution < 1.29 is 0 Å². The number of hydrogen-bond donors (Lipinski definition) is 1. The monoisotopic (exact) mass is 355 g/mol. The smallest absolute Gasteiger partial charge is 0.0766 e. The van der Waals surface area contributed by atoms with Gasteiger partial charge in [-0.2, -0.15) is 5.10 Å². The van der Waals surface area contributed by atoms with Crippen molar-refractivity contribution in [1.29, 1.82) is 0 Å².